The summed E-state index contributed by atoms with van der Waals surface area (Å²) in [5.41, 5.74) is 9.51. The summed E-state index contributed by atoms with van der Waals surface area (Å²) >= 11 is 0. The maximum Gasteiger partial charge on any atom is 0.145 e. The Kier molecular flexibility index (Phi) is 10.7. The minimum Gasteiger partial charge on any atom is -0.393 e. The van der Waals surface area contributed by atoms with Crippen LogP contribution in [0.5, 0.6) is 0 Å². The van der Waals surface area contributed by atoms with E-state index >= 15 is 0 Å². The molecule has 0 heterocycles. The van der Waals surface area contributed by atoms with Crippen molar-refractivity contribution in [2.45, 2.75) is 66.9 Å². The first kappa shape index (κ1) is 22.5. The molecule has 0 saturated carbocycles. The van der Waals surface area contributed by atoms with Gasteiger partial charge in [-0.2, -0.15) is 0 Å². The fourth-order valence-corrected chi connectivity index (χ4v) is 1.21. The van der Waals surface area contributed by atoms with Crippen molar-refractivity contribution in [3.05, 3.63) is 0 Å². The number of aliphatic hydroxyl groups excluding tert-OH is 1. The van der Waals surface area contributed by atoms with E-state index in [-0.39, 0.29) is 24.1 Å². The number of aliphatic hydroxyl groups is 1. The number of hydrogen-bond donors (Lipinski definition) is 3. The highest BCUT2D eigenvalue weighted by Crippen LogP contribution is 2.22. The monoisotopic (exact) mass is 302 g/mol. The van der Waals surface area contributed by atoms with E-state index in [1.807, 2.05) is 41.5 Å². The highest BCUT2D eigenvalue weighted by Gasteiger charge is 2.28. The van der Waals surface area contributed by atoms with E-state index < -0.39 is 10.8 Å². The molecular formula is C16H34N2O3. The molecule has 0 bridgehead atoms. The molecule has 0 atom stereocenters. The summed E-state index contributed by atoms with van der Waals surface area (Å²) in [5, 5.41) is 8.89. The number of carbonyl (C=O) groups excluding carboxylic acids is 2. The fraction of sp³-hybridized carbons (Fsp3) is 0.875. The summed E-state index contributed by atoms with van der Waals surface area (Å²) in [5.74, 6) is 0.0415. The van der Waals surface area contributed by atoms with Crippen LogP contribution in [0.3, 0.4) is 0 Å². The Morgan fingerprint density at radius 3 is 1.33 bits per heavy atom. The largest absolute Gasteiger partial charge is 0.393 e. The van der Waals surface area contributed by atoms with E-state index in [0.717, 1.165) is 0 Å². The van der Waals surface area contributed by atoms with Crippen LogP contribution < -0.4 is 11.5 Å². The van der Waals surface area contributed by atoms with Crippen molar-refractivity contribution in [2.24, 2.45) is 22.3 Å². The lowest BCUT2D eigenvalue weighted by Crippen LogP contribution is -2.28. The molecule has 5 heteroatoms. The van der Waals surface area contributed by atoms with E-state index in [1.165, 1.54) is 0 Å². The van der Waals surface area contributed by atoms with Gasteiger partial charge in [0.2, 0.25) is 0 Å². The van der Waals surface area contributed by atoms with E-state index in [1.54, 1.807) is 0 Å². The molecule has 0 aliphatic heterocycles. The van der Waals surface area contributed by atoms with Crippen LogP contribution >= 0.6 is 0 Å². The molecule has 0 amide bonds. The van der Waals surface area contributed by atoms with Gasteiger partial charge in [-0.15, -0.1) is 0 Å². The van der Waals surface area contributed by atoms with Crippen molar-refractivity contribution in [2.75, 3.05) is 13.1 Å². The molecule has 21 heavy (non-hydrogen) atoms. The van der Waals surface area contributed by atoms with Crippen LogP contribution in [0, 0.1) is 10.8 Å². The normalized spacial score (nSPS) is 11.9. The lowest BCUT2D eigenvalue weighted by Gasteiger charge is -2.20. The highest BCUT2D eigenvalue weighted by molar-refractivity contribution is 6.03. The zero-order chi connectivity index (χ0) is 17.3. The highest BCUT2D eigenvalue weighted by atomic mass is 16.3. The fourth-order valence-electron chi connectivity index (χ4n) is 1.21. The number of nitrogens with two attached hydrogens (primary N) is 2. The summed E-state index contributed by atoms with van der Waals surface area (Å²) in [7, 11) is 0. The second kappa shape index (κ2) is 10.0. The molecule has 0 aliphatic rings. The third-order valence-corrected chi connectivity index (χ3v) is 2.99. The number of rotatable bonds is 6. The lowest BCUT2D eigenvalue weighted by atomic mass is 9.82. The van der Waals surface area contributed by atoms with E-state index in [2.05, 4.69) is 0 Å². The summed E-state index contributed by atoms with van der Waals surface area (Å²) in [6.45, 7) is 12.1. The Morgan fingerprint density at radius 1 is 0.857 bits per heavy atom. The van der Waals surface area contributed by atoms with Gasteiger partial charge < -0.3 is 16.6 Å². The summed E-state index contributed by atoms with van der Waals surface area (Å²) in [6.07, 6.45) is 1.10. The quantitative estimate of drug-likeness (QED) is 0.647. The lowest BCUT2D eigenvalue weighted by molar-refractivity contribution is -0.135. The Balaban J connectivity index is 0. The van der Waals surface area contributed by atoms with Crippen molar-refractivity contribution in [3.63, 3.8) is 0 Å². The van der Waals surface area contributed by atoms with Gasteiger partial charge in [-0.3, -0.25) is 9.59 Å². The minimum atomic E-state index is -0.402. The molecule has 0 aromatic carbocycles. The van der Waals surface area contributed by atoms with Crippen molar-refractivity contribution in [3.8, 4) is 0 Å². The Hall–Kier alpha value is -0.780. The van der Waals surface area contributed by atoms with Gasteiger partial charge in [-0.25, -0.2) is 0 Å². The van der Waals surface area contributed by atoms with Gasteiger partial charge in [-0.05, 0) is 25.9 Å². The first-order chi connectivity index (χ1) is 9.36. The SMILES string of the molecule is CC(C)(C)C(=O)CC(=O)C(C)(C)C.NCCC(O)CCN. The minimum absolute atomic E-state index is 0.0208. The van der Waals surface area contributed by atoms with Gasteiger partial charge in [0, 0.05) is 10.8 Å². The maximum atomic E-state index is 11.5. The van der Waals surface area contributed by atoms with Gasteiger partial charge in [-0.1, -0.05) is 41.5 Å². The van der Waals surface area contributed by atoms with Gasteiger partial charge in [0.25, 0.3) is 0 Å². The van der Waals surface area contributed by atoms with Gasteiger partial charge >= 0.3 is 0 Å². The van der Waals surface area contributed by atoms with Gasteiger partial charge in [0.05, 0.1) is 12.5 Å². The van der Waals surface area contributed by atoms with E-state index in [4.69, 9.17) is 16.6 Å². The molecule has 0 rings (SSSR count). The van der Waals surface area contributed by atoms with E-state index in [0.29, 0.717) is 25.9 Å². The molecule has 0 aromatic rings. The number of hydrogen-bond acceptors (Lipinski definition) is 5. The van der Waals surface area contributed by atoms with Crippen LogP contribution in [0.15, 0.2) is 0 Å². The average molecular weight is 302 g/mol. The van der Waals surface area contributed by atoms with Crippen LogP contribution in [-0.4, -0.2) is 35.9 Å². The molecule has 0 aliphatic carbocycles. The van der Waals surface area contributed by atoms with Gasteiger partial charge in [0.15, 0.2) is 0 Å². The first-order valence-corrected chi connectivity index (χ1v) is 7.51. The molecule has 0 spiro atoms. The molecular weight excluding hydrogens is 268 g/mol. The Bertz CT molecular complexity index is 284. The summed E-state index contributed by atoms with van der Waals surface area (Å²) in [4.78, 5) is 23.0. The molecule has 5 nitrogen and oxygen atoms in total. The van der Waals surface area contributed by atoms with Crippen LogP contribution in [0.1, 0.15) is 60.8 Å². The third kappa shape index (κ3) is 12.7. The first-order valence-electron chi connectivity index (χ1n) is 7.51. The Morgan fingerprint density at radius 2 is 1.14 bits per heavy atom. The van der Waals surface area contributed by atoms with Crippen molar-refractivity contribution in [1.82, 2.24) is 0 Å². The molecule has 5 N–H and O–H groups in total. The number of ketones is 2. The maximum absolute atomic E-state index is 11.5. The number of carbonyl (C=O) groups is 2. The van der Waals surface area contributed by atoms with Crippen LogP contribution in [-0.2, 0) is 9.59 Å². The molecule has 0 radical (unpaired) electrons. The standard InChI is InChI=1S/C11H20O2.C5H14N2O/c1-10(2,3)8(12)7-9(13)11(4,5)6;6-3-1-5(8)2-4-7/h7H2,1-6H3;5,8H,1-4,6-7H2. The molecule has 0 saturated heterocycles. The van der Waals surface area contributed by atoms with E-state index in [9.17, 15) is 9.59 Å². The molecule has 0 aromatic heterocycles. The number of Topliss-reactive ketones (excluding diaryl/α,β-unsaturated/α-hetero) is 2. The zero-order valence-corrected chi connectivity index (χ0v) is 14.5. The topological polar surface area (TPSA) is 106 Å². The molecule has 126 valence electrons. The van der Waals surface area contributed by atoms with Crippen LogP contribution in [0.4, 0.5) is 0 Å². The van der Waals surface area contributed by atoms with Crippen molar-refractivity contribution < 1.29 is 14.7 Å². The third-order valence-electron chi connectivity index (χ3n) is 2.99. The van der Waals surface area contributed by atoms with Crippen molar-refractivity contribution in [1.29, 1.82) is 0 Å². The predicted molar refractivity (Wildman–Crippen MR) is 86.9 cm³/mol. The van der Waals surface area contributed by atoms with Gasteiger partial charge in [0.1, 0.15) is 11.6 Å². The smallest absolute Gasteiger partial charge is 0.145 e. The second-order valence-electron chi connectivity index (χ2n) is 7.33. The summed E-state index contributed by atoms with van der Waals surface area (Å²) < 4.78 is 0. The second-order valence-corrected chi connectivity index (χ2v) is 7.33. The molecule has 0 fully saturated rings. The molecule has 0 unspecified atom stereocenters. The average Bonchev–Trinajstić information content (AvgIpc) is 2.27. The van der Waals surface area contributed by atoms with Crippen molar-refractivity contribution >= 4 is 11.6 Å². The van der Waals surface area contributed by atoms with Crippen LogP contribution in [0.25, 0.3) is 0 Å². The summed E-state index contributed by atoms with van der Waals surface area (Å²) in [6, 6.07) is 0. The van der Waals surface area contributed by atoms with Crippen LogP contribution in [0.2, 0.25) is 0 Å². The Labute approximate surface area is 129 Å². The predicted octanol–water partition coefficient (Wildman–Crippen LogP) is 1.65. The zero-order valence-electron chi connectivity index (χ0n) is 14.5.